The van der Waals surface area contributed by atoms with Gasteiger partial charge in [-0.05, 0) is 24.6 Å². The van der Waals surface area contributed by atoms with Crippen LogP contribution < -0.4 is 10.5 Å². The maximum atomic E-state index is 13.7. The van der Waals surface area contributed by atoms with Crippen molar-refractivity contribution < 1.29 is 17.9 Å². The lowest BCUT2D eigenvalue weighted by atomic mass is 10.1. The van der Waals surface area contributed by atoms with Crippen LogP contribution in [0.5, 0.6) is 5.75 Å². The quantitative estimate of drug-likeness (QED) is 0.931. The standard InChI is InChI=1S/C15H14F3NO/c1-9-4-2-7-13(14(9)17)20-8-12(19)10-5-3-6-11(16)15(10)18/h2-7,12H,8,19H2,1H3. The molecule has 1 unspecified atom stereocenters. The van der Waals surface area contributed by atoms with Crippen molar-refractivity contribution >= 4 is 0 Å². The smallest absolute Gasteiger partial charge is 0.167 e. The topological polar surface area (TPSA) is 35.2 Å². The van der Waals surface area contributed by atoms with Crippen molar-refractivity contribution in [1.29, 1.82) is 0 Å². The predicted octanol–water partition coefficient (Wildman–Crippen LogP) is 3.49. The summed E-state index contributed by atoms with van der Waals surface area (Å²) in [5, 5.41) is 0. The molecule has 0 spiro atoms. The molecule has 0 aromatic heterocycles. The van der Waals surface area contributed by atoms with E-state index in [4.69, 9.17) is 10.5 Å². The molecule has 0 aliphatic heterocycles. The molecule has 2 aromatic carbocycles. The lowest BCUT2D eigenvalue weighted by molar-refractivity contribution is 0.273. The molecule has 1 atom stereocenters. The Hall–Kier alpha value is -2.01. The van der Waals surface area contributed by atoms with Gasteiger partial charge in [0.1, 0.15) is 6.61 Å². The molecule has 5 heteroatoms. The zero-order valence-corrected chi connectivity index (χ0v) is 10.9. The van der Waals surface area contributed by atoms with E-state index in [0.717, 1.165) is 6.07 Å². The molecule has 0 bridgehead atoms. The summed E-state index contributed by atoms with van der Waals surface area (Å²) < 4.78 is 45.6. The van der Waals surface area contributed by atoms with E-state index in [1.54, 1.807) is 19.1 Å². The monoisotopic (exact) mass is 281 g/mol. The molecule has 0 fully saturated rings. The molecule has 20 heavy (non-hydrogen) atoms. The summed E-state index contributed by atoms with van der Waals surface area (Å²) in [6.07, 6.45) is 0. The van der Waals surface area contributed by atoms with E-state index < -0.39 is 23.5 Å². The highest BCUT2D eigenvalue weighted by Crippen LogP contribution is 2.22. The fourth-order valence-electron chi connectivity index (χ4n) is 1.81. The zero-order chi connectivity index (χ0) is 14.7. The highest BCUT2D eigenvalue weighted by molar-refractivity contribution is 5.30. The van der Waals surface area contributed by atoms with E-state index in [-0.39, 0.29) is 17.9 Å². The van der Waals surface area contributed by atoms with Crippen LogP contribution in [-0.2, 0) is 0 Å². The van der Waals surface area contributed by atoms with Crippen molar-refractivity contribution in [3.8, 4) is 5.75 Å². The second kappa shape index (κ2) is 5.96. The summed E-state index contributed by atoms with van der Waals surface area (Å²) in [6.45, 7) is 1.45. The molecule has 2 rings (SSSR count). The van der Waals surface area contributed by atoms with Gasteiger partial charge in [-0.1, -0.05) is 24.3 Å². The molecule has 0 saturated carbocycles. The van der Waals surface area contributed by atoms with Gasteiger partial charge in [-0.25, -0.2) is 13.2 Å². The Labute approximate surface area is 115 Å². The Bertz CT molecular complexity index is 616. The molecule has 2 aromatic rings. The van der Waals surface area contributed by atoms with E-state index in [2.05, 4.69) is 0 Å². The van der Waals surface area contributed by atoms with Crippen LogP contribution in [0.2, 0.25) is 0 Å². The maximum Gasteiger partial charge on any atom is 0.167 e. The summed E-state index contributed by atoms with van der Waals surface area (Å²) in [5.41, 5.74) is 6.18. The number of halogens is 3. The predicted molar refractivity (Wildman–Crippen MR) is 69.9 cm³/mol. The van der Waals surface area contributed by atoms with Crippen LogP contribution in [0.1, 0.15) is 17.2 Å². The Balaban J connectivity index is 2.11. The SMILES string of the molecule is Cc1cccc(OCC(N)c2cccc(F)c2F)c1F. The van der Waals surface area contributed by atoms with Gasteiger partial charge in [0.15, 0.2) is 23.2 Å². The first kappa shape index (κ1) is 14.4. The van der Waals surface area contributed by atoms with E-state index in [1.807, 2.05) is 0 Å². The van der Waals surface area contributed by atoms with Crippen LogP contribution in [0, 0.1) is 24.4 Å². The number of benzene rings is 2. The van der Waals surface area contributed by atoms with Crippen LogP contribution in [0.4, 0.5) is 13.2 Å². The third kappa shape index (κ3) is 2.93. The van der Waals surface area contributed by atoms with Crippen LogP contribution in [0.15, 0.2) is 36.4 Å². The normalized spacial score (nSPS) is 12.2. The van der Waals surface area contributed by atoms with Crippen molar-refractivity contribution in [1.82, 2.24) is 0 Å². The molecule has 106 valence electrons. The molecule has 0 heterocycles. The number of nitrogens with two attached hydrogens (primary N) is 1. The van der Waals surface area contributed by atoms with Crippen LogP contribution >= 0.6 is 0 Å². The molecule has 2 nitrogen and oxygen atoms in total. The van der Waals surface area contributed by atoms with Crippen molar-refractivity contribution in [2.45, 2.75) is 13.0 Å². The average Bonchev–Trinajstić information content (AvgIpc) is 2.43. The molecule has 0 aliphatic rings. The molecule has 0 saturated heterocycles. The van der Waals surface area contributed by atoms with E-state index >= 15 is 0 Å². The Kier molecular flexibility index (Phi) is 4.29. The molecule has 2 N–H and O–H groups in total. The highest BCUT2D eigenvalue weighted by Gasteiger charge is 2.16. The third-order valence-electron chi connectivity index (χ3n) is 2.96. The largest absolute Gasteiger partial charge is 0.489 e. The molecule has 0 aliphatic carbocycles. The van der Waals surface area contributed by atoms with Gasteiger partial charge in [0.25, 0.3) is 0 Å². The first-order chi connectivity index (χ1) is 9.50. The minimum atomic E-state index is -1.01. The Morgan fingerprint density at radius 3 is 2.50 bits per heavy atom. The van der Waals surface area contributed by atoms with Gasteiger partial charge in [-0.2, -0.15) is 0 Å². The number of rotatable bonds is 4. The molecule has 0 radical (unpaired) electrons. The summed E-state index contributed by atoms with van der Waals surface area (Å²) in [5.74, 6) is -2.43. The van der Waals surface area contributed by atoms with E-state index in [1.165, 1.54) is 18.2 Å². The van der Waals surface area contributed by atoms with Gasteiger partial charge in [0, 0.05) is 5.56 Å². The van der Waals surface area contributed by atoms with Crippen molar-refractivity contribution in [2.24, 2.45) is 5.73 Å². The summed E-state index contributed by atoms with van der Waals surface area (Å²) >= 11 is 0. The van der Waals surface area contributed by atoms with Crippen molar-refractivity contribution in [3.63, 3.8) is 0 Å². The van der Waals surface area contributed by atoms with Crippen molar-refractivity contribution in [3.05, 3.63) is 65.0 Å². The summed E-state index contributed by atoms with van der Waals surface area (Å²) in [7, 11) is 0. The second-order valence-corrected chi connectivity index (χ2v) is 4.45. The number of hydrogen-bond donors (Lipinski definition) is 1. The van der Waals surface area contributed by atoms with Gasteiger partial charge >= 0.3 is 0 Å². The molecular formula is C15H14F3NO. The average molecular weight is 281 g/mol. The summed E-state index contributed by atoms with van der Waals surface area (Å²) in [6, 6.07) is 7.56. The van der Waals surface area contributed by atoms with Gasteiger partial charge in [0.05, 0.1) is 6.04 Å². The van der Waals surface area contributed by atoms with E-state index in [0.29, 0.717) is 5.56 Å². The van der Waals surface area contributed by atoms with Crippen LogP contribution in [0.25, 0.3) is 0 Å². The molecule has 0 amide bonds. The Morgan fingerprint density at radius 1 is 1.05 bits per heavy atom. The number of ether oxygens (including phenoxy) is 1. The van der Waals surface area contributed by atoms with Gasteiger partial charge in [0.2, 0.25) is 0 Å². The van der Waals surface area contributed by atoms with Crippen molar-refractivity contribution in [2.75, 3.05) is 6.61 Å². The fraction of sp³-hybridized carbons (Fsp3) is 0.200. The zero-order valence-electron chi connectivity index (χ0n) is 10.9. The van der Waals surface area contributed by atoms with Gasteiger partial charge in [-0.3, -0.25) is 0 Å². The second-order valence-electron chi connectivity index (χ2n) is 4.45. The van der Waals surface area contributed by atoms with Gasteiger partial charge < -0.3 is 10.5 Å². The lowest BCUT2D eigenvalue weighted by Crippen LogP contribution is -2.21. The number of hydrogen-bond acceptors (Lipinski definition) is 2. The minimum Gasteiger partial charge on any atom is -0.489 e. The molecular weight excluding hydrogens is 267 g/mol. The maximum absolute atomic E-state index is 13.7. The van der Waals surface area contributed by atoms with E-state index in [9.17, 15) is 13.2 Å². The van der Waals surface area contributed by atoms with Crippen LogP contribution in [0.3, 0.4) is 0 Å². The third-order valence-corrected chi connectivity index (χ3v) is 2.96. The highest BCUT2D eigenvalue weighted by atomic mass is 19.2. The Morgan fingerprint density at radius 2 is 1.75 bits per heavy atom. The first-order valence-corrected chi connectivity index (χ1v) is 6.08. The van der Waals surface area contributed by atoms with Crippen LogP contribution in [-0.4, -0.2) is 6.61 Å². The first-order valence-electron chi connectivity index (χ1n) is 6.08. The van der Waals surface area contributed by atoms with Gasteiger partial charge in [-0.15, -0.1) is 0 Å². The lowest BCUT2D eigenvalue weighted by Gasteiger charge is -2.15. The minimum absolute atomic E-state index is 0.00180. The fourth-order valence-corrected chi connectivity index (χ4v) is 1.81. The number of aryl methyl sites for hydroxylation is 1. The summed E-state index contributed by atoms with van der Waals surface area (Å²) in [4.78, 5) is 0.